The average molecular weight is 275 g/mol. The van der Waals surface area contributed by atoms with Crippen molar-refractivity contribution in [1.82, 2.24) is 0 Å². The molecule has 2 nitrogen and oxygen atoms in total. The van der Waals surface area contributed by atoms with Crippen LogP contribution in [0.4, 0.5) is 8.78 Å². The van der Waals surface area contributed by atoms with Crippen molar-refractivity contribution in [2.75, 3.05) is 6.54 Å². The van der Waals surface area contributed by atoms with Crippen molar-refractivity contribution in [3.8, 4) is 0 Å². The molecular weight excluding hydrogens is 248 g/mol. The Balaban J connectivity index is 2.27. The van der Waals surface area contributed by atoms with Crippen LogP contribution in [0.1, 0.15) is 58.8 Å². The molecule has 0 aromatic rings. The van der Waals surface area contributed by atoms with Gasteiger partial charge in [0.25, 0.3) is 0 Å². The van der Waals surface area contributed by atoms with E-state index in [2.05, 4.69) is 13.8 Å². The summed E-state index contributed by atoms with van der Waals surface area (Å²) in [5.74, 6) is -1.50. The highest BCUT2D eigenvalue weighted by Crippen LogP contribution is 2.40. The van der Waals surface area contributed by atoms with E-state index in [4.69, 9.17) is 5.73 Å². The lowest BCUT2D eigenvalue weighted by molar-refractivity contribution is -0.120. The number of halogens is 2. The molecule has 1 aliphatic rings. The number of hydrogen-bond acceptors (Lipinski definition) is 2. The molecule has 2 unspecified atom stereocenters. The van der Waals surface area contributed by atoms with Gasteiger partial charge in [-0.05, 0) is 43.6 Å². The van der Waals surface area contributed by atoms with E-state index < -0.39 is 5.92 Å². The molecule has 1 saturated carbocycles. The second kappa shape index (κ2) is 7.32. The maximum absolute atomic E-state index is 13.0. The van der Waals surface area contributed by atoms with Crippen molar-refractivity contribution < 1.29 is 13.6 Å². The highest BCUT2D eigenvalue weighted by atomic mass is 19.3. The Kier molecular flexibility index (Phi) is 6.37. The third-order valence-corrected chi connectivity index (χ3v) is 4.30. The Morgan fingerprint density at radius 2 is 2.05 bits per heavy atom. The topological polar surface area (TPSA) is 43.1 Å². The average Bonchev–Trinajstić information content (AvgIpc) is 2.63. The number of alkyl halides is 2. The van der Waals surface area contributed by atoms with Crippen LogP contribution in [0.2, 0.25) is 0 Å². The molecule has 1 aliphatic carbocycles. The zero-order chi connectivity index (χ0) is 14.5. The summed E-state index contributed by atoms with van der Waals surface area (Å²) in [5, 5.41) is 0. The number of ketones is 1. The third-order valence-electron chi connectivity index (χ3n) is 4.30. The van der Waals surface area contributed by atoms with Crippen LogP contribution in [0.5, 0.6) is 0 Å². The van der Waals surface area contributed by atoms with Gasteiger partial charge >= 0.3 is 0 Å². The van der Waals surface area contributed by atoms with Gasteiger partial charge in [-0.15, -0.1) is 0 Å². The number of rotatable bonds is 8. The van der Waals surface area contributed by atoms with Gasteiger partial charge in [0.15, 0.2) is 0 Å². The van der Waals surface area contributed by atoms with E-state index in [1.54, 1.807) is 0 Å². The molecule has 2 atom stereocenters. The fourth-order valence-corrected chi connectivity index (χ4v) is 3.01. The van der Waals surface area contributed by atoms with Gasteiger partial charge in [0.1, 0.15) is 5.78 Å². The third kappa shape index (κ3) is 5.98. The Labute approximate surface area is 115 Å². The van der Waals surface area contributed by atoms with E-state index in [-0.39, 0.29) is 24.5 Å². The molecule has 0 aromatic heterocycles. The van der Waals surface area contributed by atoms with E-state index in [1.165, 1.54) is 0 Å². The fourth-order valence-electron chi connectivity index (χ4n) is 3.01. The number of carbonyl (C=O) groups excluding carboxylic acids is 1. The second-order valence-electron chi connectivity index (χ2n) is 6.33. The molecule has 112 valence electrons. The summed E-state index contributed by atoms with van der Waals surface area (Å²) >= 11 is 0. The van der Waals surface area contributed by atoms with Gasteiger partial charge in [-0.1, -0.05) is 13.8 Å². The van der Waals surface area contributed by atoms with Crippen molar-refractivity contribution in [3.63, 3.8) is 0 Å². The molecule has 0 spiro atoms. The van der Waals surface area contributed by atoms with E-state index >= 15 is 0 Å². The largest absolute Gasteiger partial charge is 0.330 e. The monoisotopic (exact) mass is 275 g/mol. The summed E-state index contributed by atoms with van der Waals surface area (Å²) in [7, 11) is 0. The lowest BCUT2D eigenvalue weighted by atomic mass is 9.86. The van der Waals surface area contributed by atoms with Crippen LogP contribution >= 0.6 is 0 Å². The maximum atomic E-state index is 13.0. The van der Waals surface area contributed by atoms with Gasteiger partial charge in [-0.25, -0.2) is 8.78 Å². The van der Waals surface area contributed by atoms with E-state index in [0.717, 1.165) is 12.8 Å². The van der Waals surface area contributed by atoms with Crippen LogP contribution in [0, 0.1) is 17.8 Å². The molecule has 0 heterocycles. The SMILES string of the molecule is CC(C)C(CCN)CCC(=O)CC1CCC(F)(F)C1. The first-order chi connectivity index (χ1) is 8.84. The molecule has 0 aromatic carbocycles. The fraction of sp³-hybridized carbons (Fsp3) is 0.933. The zero-order valence-corrected chi connectivity index (χ0v) is 12.1. The van der Waals surface area contributed by atoms with Gasteiger partial charge in [-0.3, -0.25) is 4.79 Å². The first-order valence-corrected chi connectivity index (χ1v) is 7.43. The molecule has 0 radical (unpaired) electrons. The Morgan fingerprint density at radius 3 is 2.53 bits per heavy atom. The lowest BCUT2D eigenvalue weighted by Gasteiger charge is -2.20. The molecule has 2 N–H and O–H groups in total. The Hall–Kier alpha value is -0.510. The lowest BCUT2D eigenvalue weighted by Crippen LogP contribution is -2.17. The Morgan fingerprint density at radius 1 is 1.37 bits per heavy atom. The first-order valence-electron chi connectivity index (χ1n) is 7.43. The quantitative estimate of drug-likeness (QED) is 0.732. The van der Waals surface area contributed by atoms with Gasteiger partial charge < -0.3 is 5.73 Å². The molecule has 0 aliphatic heterocycles. The minimum Gasteiger partial charge on any atom is -0.330 e. The van der Waals surface area contributed by atoms with Crippen molar-refractivity contribution >= 4 is 5.78 Å². The number of Topliss-reactive ketones (excluding diaryl/α,β-unsaturated/α-hetero) is 1. The van der Waals surface area contributed by atoms with Crippen molar-refractivity contribution in [3.05, 3.63) is 0 Å². The summed E-state index contributed by atoms with van der Waals surface area (Å²) in [6.45, 7) is 4.93. The van der Waals surface area contributed by atoms with Gasteiger partial charge in [0.05, 0.1) is 0 Å². The molecular formula is C15H27F2NO. The summed E-state index contributed by atoms with van der Waals surface area (Å²) in [5.41, 5.74) is 5.57. The predicted octanol–water partition coefficient (Wildman–Crippen LogP) is 3.78. The predicted molar refractivity (Wildman–Crippen MR) is 73.1 cm³/mol. The smallest absolute Gasteiger partial charge is 0.248 e. The van der Waals surface area contributed by atoms with Crippen LogP contribution in [-0.2, 0) is 4.79 Å². The molecule has 0 saturated heterocycles. The highest BCUT2D eigenvalue weighted by Gasteiger charge is 2.39. The number of nitrogens with two attached hydrogens (primary N) is 1. The minimum absolute atomic E-state index is 0.0489. The van der Waals surface area contributed by atoms with Crippen LogP contribution in [-0.4, -0.2) is 18.3 Å². The van der Waals surface area contributed by atoms with Crippen LogP contribution in [0.3, 0.4) is 0 Å². The van der Waals surface area contributed by atoms with Crippen molar-refractivity contribution in [1.29, 1.82) is 0 Å². The van der Waals surface area contributed by atoms with Gasteiger partial charge in [0, 0.05) is 25.7 Å². The van der Waals surface area contributed by atoms with Gasteiger partial charge in [-0.2, -0.15) is 0 Å². The second-order valence-corrected chi connectivity index (χ2v) is 6.33. The standard InChI is InChI=1S/C15H27F2NO/c1-11(2)13(6-8-18)3-4-14(19)9-12-5-7-15(16,17)10-12/h11-13H,3-10,18H2,1-2H3. The number of carbonyl (C=O) groups is 1. The minimum atomic E-state index is -2.54. The van der Waals surface area contributed by atoms with E-state index in [9.17, 15) is 13.6 Å². The summed E-state index contributed by atoms with van der Waals surface area (Å²) in [6, 6.07) is 0. The van der Waals surface area contributed by atoms with E-state index in [0.29, 0.717) is 37.6 Å². The van der Waals surface area contributed by atoms with Crippen LogP contribution in [0.15, 0.2) is 0 Å². The number of hydrogen-bond donors (Lipinski definition) is 1. The molecule has 1 rings (SSSR count). The van der Waals surface area contributed by atoms with Crippen LogP contribution in [0.25, 0.3) is 0 Å². The maximum Gasteiger partial charge on any atom is 0.248 e. The zero-order valence-electron chi connectivity index (χ0n) is 12.1. The van der Waals surface area contributed by atoms with Crippen molar-refractivity contribution in [2.45, 2.75) is 64.7 Å². The van der Waals surface area contributed by atoms with Gasteiger partial charge in [0.2, 0.25) is 5.92 Å². The van der Waals surface area contributed by atoms with E-state index in [1.807, 2.05) is 0 Å². The summed E-state index contributed by atoms with van der Waals surface area (Å²) in [4.78, 5) is 11.9. The normalized spacial score (nSPS) is 23.8. The van der Waals surface area contributed by atoms with Crippen LogP contribution < -0.4 is 5.73 Å². The molecule has 1 fully saturated rings. The van der Waals surface area contributed by atoms with Crippen molar-refractivity contribution in [2.24, 2.45) is 23.5 Å². The summed E-state index contributed by atoms with van der Waals surface area (Å²) in [6.07, 6.45) is 2.98. The first kappa shape index (κ1) is 16.5. The molecule has 19 heavy (non-hydrogen) atoms. The Bertz CT molecular complexity index is 292. The summed E-state index contributed by atoms with van der Waals surface area (Å²) < 4.78 is 26.1. The highest BCUT2D eigenvalue weighted by molar-refractivity contribution is 5.78. The molecule has 4 heteroatoms. The molecule has 0 bridgehead atoms. The molecule has 0 amide bonds.